The van der Waals surface area contributed by atoms with Crippen molar-refractivity contribution in [2.45, 2.75) is 19.5 Å². The van der Waals surface area contributed by atoms with Crippen LogP contribution in [-0.4, -0.2) is 57.5 Å². The number of anilines is 1. The number of rotatable bonds is 10. The molecule has 0 aliphatic heterocycles. The van der Waals surface area contributed by atoms with Gasteiger partial charge in [-0.05, 0) is 35.9 Å². The number of carbonyl (C=O) groups excluding carboxylic acids is 1. The highest BCUT2D eigenvalue weighted by atomic mass is 35.5. The second kappa shape index (κ2) is 12.9. The number of ether oxygens (including phenoxy) is 1. The van der Waals surface area contributed by atoms with Crippen LogP contribution in [0.5, 0.6) is 5.75 Å². The zero-order valence-electron chi connectivity index (χ0n) is 23.3. The van der Waals surface area contributed by atoms with Crippen molar-refractivity contribution in [3.63, 3.8) is 0 Å². The first kappa shape index (κ1) is 30.9. The summed E-state index contributed by atoms with van der Waals surface area (Å²) >= 11 is 6.50. The molecule has 0 saturated carbocycles. The Morgan fingerprint density at radius 2 is 1.81 bits per heavy atom. The van der Waals surface area contributed by atoms with Crippen LogP contribution in [0.1, 0.15) is 22.3 Å². The van der Waals surface area contributed by atoms with Gasteiger partial charge in [0.2, 0.25) is 0 Å². The van der Waals surface area contributed by atoms with Crippen molar-refractivity contribution in [2.24, 2.45) is 0 Å². The number of carbonyl (C=O) groups is 1. The summed E-state index contributed by atoms with van der Waals surface area (Å²) in [5, 5.41) is 0.563. The second-order valence-corrected chi connectivity index (χ2v) is 11.7. The third-order valence-electron chi connectivity index (χ3n) is 6.29. The van der Waals surface area contributed by atoms with Gasteiger partial charge in [-0.1, -0.05) is 41.9 Å². The van der Waals surface area contributed by atoms with Gasteiger partial charge in [0.15, 0.2) is 17.4 Å². The number of aromatic nitrogens is 1. The first-order valence-corrected chi connectivity index (χ1v) is 14.5. The summed E-state index contributed by atoms with van der Waals surface area (Å²) in [4.78, 5) is 32.5. The van der Waals surface area contributed by atoms with Gasteiger partial charge in [-0.25, -0.2) is 23.7 Å². The average molecular weight is 618 g/mol. The van der Waals surface area contributed by atoms with Crippen molar-refractivity contribution in [2.75, 3.05) is 32.9 Å². The predicted octanol–water partition coefficient (Wildman–Crippen LogP) is 4.14. The molecule has 0 saturated heterocycles. The van der Waals surface area contributed by atoms with Gasteiger partial charge < -0.3 is 14.1 Å². The molecule has 0 aliphatic rings. The summed E-state index contributed by atoms with van der Waals surface area (Å²) in [7, 11) is 2.01. The van der Waals surface area contributed by atoms with Gasteiger partial charge in [-0.15, -0.1) is 0 Å². The van der Waals surface area contributed by atoms with Crippen molar-refractivity contribution in [3.8, 4) is 5.75 Å². The monoisotopic (exact) mass is 617 g/mol. The number of amides is 1. The molecule has 42 heavy (non-hydrogen) atoms. The van der Waals surface area contributed by atoms with Crippen molar-refractivity contribution < 1.29 is 26.8 Å². The van der Waals surface area contributed by atoms with Crippen LogP contribution in [0.3, 0.4) is 0 Å². The Labute approximate surface area is 247 Å². The molecule has 4 rings (SSSR count). The van der Waals surface area contributed by atoms with Crippen LogP contribution in [0.4, 0.5) is 15.0 Å². The molecular formula is C28H29ClFN5O6S. The maximum Gasteiger partial charge on any atom is 0.414 e. The third-order valence-corrected chi connectivity index (χ3v) is 7.59. The topological polar surface area (TPSA) is 134 Å². The van der Waals surface area contributed by atoms with Crippen LogP contribution >= 0.6 is 11.6 Å². The number of nitrogens with one attached hydrogen (secondary N) is 2. The number of nitrogens with zero attached hydrogens (tertiary/aromatic N) is 3. The zero-order valence-corrected chi connectivity index (χ0v) is 24.8. The van der Waals surface area contributed by atoms with E-state index < -0.39 is 33.6 Å². The van der Waals surface area contributed by atoms with E-state index in [4.69, 9.17) is 20.8 Å². The van der Waals surface area contributed by atoms with E-state index in [-0.39, 0.29) is 40.4 Å². The largest absolute Gasteiger partial charge is 0.422 e. The fraction of sp³-hybridized carbons (Fsp3) is 0.250. The summed E-state index contributed by atoms with van der Waals surface area (Å²) in [5.41, 5.74) is 1.08. The standard InChI is InChI=1S/C28H29ClFN5O6S/c1-31-42(38,39)33-26-25(30)18(10-11-32-26)12-20-21(16-35(4)15-17-8-6-5-7-9-17)19-13-22(29)24(41-28(37)34(2)3)14-23(19)40-27(20)36/h5-11,13-14,31H,12,15-16H2,1-4H3,(H,32,33). The van der Waals surface area contributed by atoms with Crippen molar-refractivity contribution >= 4 is 44.7 Å². The molecule has 2 aromatic carbocycles. The number of hydrogen-bond donors (Lipinski definition) is 2. The summed E-state index contributed by atoms with van der Waals surface area (Å²) < 4.78 is 54.3. The molecule has 0 unspecified atom stereocenters. The molecule has 0 radical (unpaired) electrons. The van der Waals surface area contributed by atoms with Gasteiger partial charge in [-0.2, -0.15) is 8.42 Å². The van der Waals surface area contributed by atoms with E-state index in [1.165, 1.54) is 50.4 Å². The molecule has 4 aromatic rings. The van der Waals surface area contributed by atoms with Crippen LogP contribution in [0.2, 0.25) is 5.02 Å². The van der Waals surface area contributed by atoms with Gasteiger partial charge in [0, 0.05) is 63.9 Å². The Morgan fingerprint density at radius 1 is 1.10 bits per heavy atom. The molecule has 0 spiro atoms. The number of halogens is 2. The average Bonchev–Trinajstić information content (AvgIpc) is 2.94. The molecule has 222 valence electrons. The molecule has 14 heteroatoms. The van der Waals surface area contributed by atoms with E-state index in [9.17, 15) is 18.0 Å². The minimum Gasteiger partial charge on any atom is -0.422 e. The van der Waals surface area contributed by atoms with E-state index in [2.05, 4.69) is 4.98 Å². The van der Waals surface area contributed by atoms with E-state index >= 15 is 4.39 Å². The van der Waals surface area contributed by atoms with Crippen LogP contribution < -0.4 is 19.8 Å². The van der Waals surface area contributed by atoms with Crippen LogP contribution in [0.25, 0.3) is 11.0 Å². The summed E-state index contributed by atoms with van der Waals surface area (Å²) in [5.74, 6) is -1.46. The highest BCUT2D eigenvalue weighted by Crippen LogP contribution is 2.34. The number of benzene rings is 2. The Kier molecular flexibility index (Phi) is 9.46. The second-order valence-electron chi connectivity index (χ2n) is 9.66. The fourth-order valence-corrected chi connectivity index (χ4v) is 4.91. The molecule has 0 bridgehead atoms. The first-order valence-electron chi connectivity index (χ1n) is 12.6. The Hall–Kier alpha value is -4.04. The fourth-order valence-electron chi connectivity index (χ4n) is 4.21. The maximum absolute atomic E-state index is 15.4. The normalized spacial score (nSPS) is 11.6. The van der Waals surface area contributed by atoms with Gasteiger partial charge in [-0.3, -0.25) is 9.62 Å². The summed E-state index contributed by atoms with van der Waals surface area (Å²) in [6.45, 7) is 0.777. The molecule has 0 atom stereocenters. The Bertz CT molecular complexity index is 1780. The van der Waals surface area contributed by atoms with Gasteiger partial charge >= 0.3 is 11.7 Å². The molecule has 0 fully saturated rings. The molecule has 2 N–H and O–H groups in total. The summed E-state index contributed by atoms with van der Waals surface area (Å²) in [6.07, 6.45) is 0.332. The predicted molar refractivity (Wildman–Crippen MR) is 157 cm³/mol. The highest BCUT2D eigenvalue weighted by Gasteiger charge is 2.23. The number of fused-ring (bicyclic) bond motifs is 1. The van der Waals surface area contributed by atoms with Crippen LogP contribution in [-0.2, 0) is 29.7 Å². The van der Waals surface area contributed by atoms with E-state index in [0.29, 0.717) is 17.5 Å². The molecule has 2 heterocycles. The lowest BCUT2D eigenvalue weighted by Gasteiger charge is -2.21. The zero-order chi connectivity index (χ0) is 30.6. The van der Waals surface area contributed by atoms with Crippen LogP contribution in [0.15, 0.2) is 63.9 Å². The van der Waals surface area contributed by atoms with Gasteiger partial charge in [0.1, 0.15) is 5.58 Å². The lowest BCUT2D eigenvalue weighted by molar-refractivity contribution is 0.172. The first-order chi connectivity index (χ1) is 19.9. The van der Waals surface area contributed by atoms with Crippen molar-refractivity contribution in [3.05, 3.63) is 98.2 Å². The molecular weight excluding hydrogens is 589 g/mol. The maximum atomic E-state index is 15.4. The lowest BCUT2D eigenvalue weighted by atomic mass is 9.98. The minimum absolute atomic E-state index is 0.00370. The highest BCUT2D eigenvalue weighted by molar-refractivity contribution is 7.90. The summed E-state index contributed by atoms with van der Waals surface area (Å²) in [6, 6.07) is 13.9. The quantitative estimate of drug-likeness (QED) is 0.254. The van der Waals surface area contributed by atoms with Crippen molar-refractivity contribution in [1.29, 1.82) is 0 Å². The molecule has 2 aromatic heterocycles. The number of pyridine rings is 1. The smallest absolute Gasteiger partial charge is 0.414 e. The van der Waals surface area contributed by atoms with Gasteiger partial charge in [0.25, 0.3) is 10.2 Å². The molecule has 11 nitrogen and oxygen atoms in total. The molecule has 0 aliphatic carbocycles. The SMILES string of the molecule is CNS(=O)(=O)Nc1nccc(Cc2c(CN(C)Cc3ccccc3)c3cc(Cl)c(OC(=O)N(C)C)cc3oc2=O)c1F. The van der Waals surface area contributed by atoms with E-state index in [0.717, 1.165) is 5.56 Å². The van der Waals surface area contributed by atoms with Crippen LogP contribution in [0, 0.1) is 5.82 Å². The number of hydrogen-bond acceptors (Lipinski definition) is 8. The minimum atomic E-state index is -4.04. The lowest BCUT2D eigenvalue weighted by Crippen LogP contribution is -2.27. The van der Waals surface area contributed by atoms with E-state index in [1.807, 2.05) is 51.7 Å². The van der Waals surface area contributed by atoms with Gasteiger partial charge in [0.05, 0.1) is 5.02 Å². The van der Waals surface area contributed by atoms with E-state index in [1.54, 1.807) is 0 Å². The Balaban J connectivity index is 1.82. The van der Waals surface area contributed by atoms with Crippen molar-refractivity contribution in [1.82, 2.24) is 19.5 Å². The molecule has 1 amide bonds. The Morgan fingerprint density at radius 3 is 2.48 bits per heavy atom. The third kappa shape index (κ3) is 7.23.